The second-order valence-corrected chi connectivity index (χ2v) is 10.3. The number of ketones is 1. The van der Waals surface area contributed by atoms with Crippen molar-refractivity contribution in [1.29, 1.82) is 0 Å². The second-order valence-electron chi connectivity index (χ2n) is 9.07. The molecule has 2 heterocycles. The summed E-state index contributed by atoms with van der Waals surface area (Å²) < 4.78 is 1.28. The van der Waals surface area contributed by atoms with E-state index < -0.39 is 0 Å². The third kappa shape index (κ3) is 8.10. The molecule has 0 spiro atoms. The molecule has 0 atom stereocenters. The van der Waals surface area contributed by atoms with Crippen LogP contribution in [0.15, 0.2) is 36.2 Å². The molecule has 3 nitrogen and oxygen atoms in total. The standard InChI is InChI=1S/C17H16NS.C13H24O2.Ir/c1-10-7-11(2)9-14(8-10)16-17-15(5-6-18-16)12(3)13(4)19-17;1-5-10(6-2)12(14)9-13(15)11(7-3)8-4;/h5-8H,1-4H3;9-11,14H,5-8H2,1-4H3;/q-1;;/b;12-9-;. The molecule has 5 heteroatoms. The molecule has 0 aliphatic heterocycles. The number of fused-ring (bicyclic) bond motifs is 1. The number of aliphatic hydroxyl groups excluding tert-OH is 1. The normalized spacial score (nSPS) is 11.4. The van der Waals surface area contributed by atoms with E-state index in [1.54, 1.807) is 0 Å². The zero-order valence-corrected chi connectivity index (χ0v) is 25.6. The Morgan fingerprint density at radius 3 is 2.17 bits per heavy atom. The summed E-state index contributed by atoms with van der Waals surface area (Å²) in [5.41, 5.74) is 5.96. The monoisotopic (exact) mass is 671 g/mol. The van der Waals surface area contributed by atoms with E-state index in [0.29, 0.717) is 0 Å². The summed E-state index contributed by atoms with van der Waals surface area (Å²) in [4.78, 5) is 17.7. The average molecular weight is 671 g/mol. The Hall–Kier alpha value is -1.81. The minimum Gasteiger partial charge on any atom is -0.512 e. The number of rotatable bonds is 8. The SMILES string of the molecule is CCC(CC)C(=O)/C=C(\O)C(CC)CC.Cc1[c-]c(-c2nccc3c(C)c(C)sc23)cc(C)c1.[Ir]. The van der Waals surface area contributed by atoms with Gasteiger partial charge in [0.25, 0.3) is 0 Å². The fourth-order valence-electron chi connectivity index (χ4n) is 4.26. The second kappa shape index (κ2) is 14.7. The van der Waals surface area contributed by atoms with Gasteiger partial charge >= 0.3 is 0 Å². The number of aryl methyl sites for hydroxylation is 4. The van der Waals surface area contributed by atoms with Gasteiger partial charge in [0.1, 0.15) is 0 Å². The van der Waals surface area contributed by atoms with Gasteiger partial charge in [-0.15, -0.1) is 46.2 Å². The number of carbonyl (C=O) groups excluding carboxylic acids is 1. The maximum Gasteiger partial charge on any atom is 0.162 e. The summed E-state index contributed by atoms with van der Waals surface area (Å²) in [5, 5.41) is 11.1. The van der Waals surface area contributed by atoms with E-state index in [-0.39, 0.29) is 43.5 Å². The summed E-state index contributed by atoms with van der Waals surface area (Å²) in [6, 6.07) is 9.85. The predicted octanol–water partition coefficient (Wildman–Crippen LogP) is 8.86. The van der Waals surface area contributed by atoms with Crippen LogP contribution >= 0.6 is 11.3 Å². The van der Waals surface area contributed by atoms with Crippen molar-refractivity contribution in [1.82, 2.24) is 4.98 Å². The van der Waals surface area contributed by atoms with Crippen LogP contribution in [0.25, 0.3) is 21.3 Å². The van der Waals surface area contributed by atoms with Gasteiger partial charge in [-0.05, 0) is 56.5 Å². The number of hydrogen-bond donors (Lipinski definition) is 1. The Balaban J connectivity index is 0.000000352. The van der Waals surface area contributed by atoms with Crippen LogP contribution in [0.5, 0.6) is 0 Å². The molecule has 35 heavy (non-hydrogen) atoms. The predicted molar refractivity (Wildman–Crippen MR) is 147 cm³/mol. The molecule has 0 bridgehead atoms. The first-order valence-electron chi connectivity index (χ1n) is 12.5. The third-order valence-corrected chi connectivity index (χ3v) is 7.81. The molecule has 1 aromatic carbocycles. The van der Waals surface area contributed by atoms with E-state index in [1.807, 2.05) is 45.2 Å². The molecule has 3 aromatic rings. The average Bonchev–Trinajstić information content (AvgIpc) is 3.09. The molecule has 193 valence electrons. The van der Waals surface area contributed by atoms with Crippen LogP contribution in [0.2, 0.25) is 0 Å². The number of thiophene rings is 1. The molecule has 2 aromatic heterocycles. The third-order valence-electron chi connectivity index (χ3n) is 6.58. The Morgan fingerprint density at radius 1 is 1.03 bits per heavy atom. The number of benzene rings is 1. The molecule has 0 fully saturated rings. The molecule has 3 rings (SSSR count). The van der Waals surface area contributed by atoms with Crippen molar-refractivity contribution >= 4 is 27.2 Å². The van der Waals surface area contributed by atoms with Crippen molar-refractivity contribution in [2.75, 3.05) is 0 Å². The molecule has 0 unspecified atom stereocenters. The van der Waals surface area contributed by atoms with Gasteiger partial charge in [0, 0.05) is 59.5 Å². The summed E-state index contributed by atoms with van der Waals surface area (Å²) in [7, 11) is 0. The fourth-order valence-corrected chi connectivity index (χ4v) is 5.42. The number of allylic oxidation sites excluding steroid dienone is 2. The number of aromatic nitrogens is 1. The number of aliphatic hydroxyl groups is 1. The minimum atomic E-state index is 0. The van der Waals surface area contributed by atoms with Crippen LogP contribution in [0.4, 0.5) is 0 Å². The van der Waals surface area contributed by atoms with Crippen molar-refractivity contribution < 1.29 is 30.0 Å². The van der Waals surface area contributed by atoms with Crippen molar-refractivity contribution in [2.24, 2.45) is 11.8 Å². The van der Waals surface area contributed by atoms with Crippen molar-refractivity contribution in [2.45, 2.75) is 81.1 Å². The van der Waals surface area contributed by atoms with E-state index in [0.717, 1.165) is 36.9 Å². The van der Waals surface area contributed by atoms with Crippen LogP contribution in [0.3, 0.4) is 0 Å². The number of hydrogen-bond acceptors (Lipinski definition) is 4. The van der Waals surface area contributed by atoms with E-state index >= 15 is 0 Å². The Kier molecular flexibility index (Phi) is 13.1. The molecule has 0 saturated carbocycles. The summed E-state index contributed by atoms with van der Waals surface area (Å²) in [6.45, 7) is 16.6. The molecule has 0 aliphatic rings. The number of nitrogens with zero attached hydrogens (tertiary/aromatic N) is 1. The topological polar surface area (TPSA) is 50.2 Å². The summed E-state index contributed by atoms with van der Waals surface area (Å²) >= 11 is 1.83. The van der Waals surface area contributed by atoms with Crippen LogP contribution in [0.1, 0.15) is 74.9 Å². The van der Waals surface area contributed by atoms with E-state index in [4.69, 9.17) is 0 Å². The molecule has 0 saturated heterocycles. The molecule has 1 radical (unpaired) electrons. The van der Waals surface area contributed by atoms with Crippen LogP contribution < -0.4 is 0 Å². The van der Waals surface area contributed by atoms with Crippen molar-refractivity contribution in [3.8, 4) is 11.3 Å². The molecule has 1 N–H and O–H groups in total. The van der Waals surface area contributed by atoms with Gasteiger partial charge in [0.2, 0.25) is 0 Å². The van der Waals surface area contributed by atoms with Gasteiger partial charge in [-0.25, -0.2) is 0 Å². The van der Waals surface area contributed by atoms with E-state index in [9.17, 15) is 9.90 Å². The molecular weight excluding hydrogens is 631 g/mol. The Bertz CT molecular complexity index is 1120. The van der Waals surface area contributed by atoms with Gasteiger partial charge in [0.05, 0.1) is 5.76 Å². The first-order valence-corrected chi connectivity index (χ1v) is 13.3. The van der Waals surface area contributed by atoms with E-state index in [2.05, 4.69) is 56.9 Å². The van der Waals surface area contributed by atoms with Gasteiger partial charge in [-0.2, -0.15) is 0 Å². The Labute approximate surface area is 229 Å². The van der Waals surface area contributed by atoms with Gasteiger partial charge < -0.3 is 10.1 Å². The molecular formula is C30H40IrNO2S-. The molecule has 0 amide bonds. The van der Waals surface area contributed by atoms with Gasteiger partial charge in [-0.3, -0.25) is 4.79 Å². The van der Waals surface area contributed by atoms with Gasteiger partial charge in [0.15, 0.2) is 5.78 Å². The zero-order chi connectivity index (χ0) is 25.4. The smallest absolute Gasteiger partial charge is 0.162 e. The number of carbonyl (C=O) groups is 1. The quantitative estimate of drug-likeness (QED) is 0.148. The molecule has 0 aliphatic carbocycles. The minimum absolute atomic E-state index is 0. The summed E-state index contributed by atoms with van der Waals surface area (Å²) in [6.07, 6.45) is 6.81. The Morgan fingerprint density at radius 2 is 1.63 bits per heavy atom. The maximum absolute atomic E-state index is 11.7. The maximum atomic E-state index is 11.7. The van der Waals surface area contributed by atoms with Crippen LogP contribution in [-0.4, -0.2) is 15.9 Å². The first-order chi connectivity index (χ1) is 16.2. The van der Waals surface area contributed by atoms with Gasteiger partial charge in [-0.1, -0.05) is 41.5 Å². The van der Waals surface area contributed by atoms with Crippen LogP contribution in [0, 0.1) is 45.6 Å². The fraction of sp³-hybridized carbons (Fsp3) is 0.467. The van der Waals surface area contributed by atoms with Crippen molar-refractivity contribution in [3.63, 3.8) is 0 Å². The number of pyridine rings is 1. The largest absolute Gasteiger partial charge is 0.512 e. The zero-order valence-electron chi connectivity index (χ0n) is 22.4. The first kappa shape index (κ1) is 31.2. The van der Waals surface area contributed by atoms with Crippen molar-refractivity contribution in [3.05, 3.63) is 63.9 Å². The summed E-state index contributed by atoms with van der Waals surface area (Å²) in [5.74, 6) is 0.547. The van der Waals surface area contributed by atoms with E-state index in [1.165, 1.54) is 37.7 Å². The van der Waals surface area contributed by atoms with Crippen LogP contribution in [-0.2, 0) is 24.9 Å².